The zero-order chi connectivity index (χ0) is 21.4. The van der Waals surface area contributed by atoms with Crippen LogP contribution < -0.4 is 5.73 Å². The van der Waals surface area contributed by atoms with Crippen molar-refractivity contribution in [3.05, 3.63) is 76.7 Å². The molecule has 0 bridgehead atoms. The first-order valence-corrected chi connectivity index (χ1v) is 11.3. The number of fused-ring (bicyclic) bond motifs is 1. The molecule has 2 aromatic heterocycles. The van der Waals surface area contributed by atoms with E-state index in [0.717, 1.165) is 59.6 Å². The fourth-order valence-corrected chi connectivity index (χ4v) is 5.20. The smallest absolute Gasteiger partial charge is 0.248 e. The normalized spacial score (nSPS) is 15.5. The van der Waals surface area contributed by atoms with Crippen molar-refractivity contribution >= 4 is 28.1 Å². The van der Waals surface area contributed by atoms with Gasteiger partial charge in [-0.3, -0.25) is 9.69 Å². The number of likely N-dealkylation sites (tertiary alicyclic amines) is 1. The Balaban J connectivity index is 1.21. The average molecular weight is 435 g/mol. The number of rotatable bonds is 5. The molecule has 3 N–H and O–H groups in total. The quantitative estimate of drug-likeness (QED) is 0.469. The van der Waals surface area contributed by atoms with E-state index in [4.69, 9.17) is 10.7 Å². The van der Waals surface area contributed by atoms with Gasteiger partial charge in [-0.05, 0) is 67.7 Å². The van der Waals surface area contributed by atoms with E-state index in [-0.39, 0.29) is 5.82 Å². The van der Waals surface area contributed by atoms with Crippen LogP contribution in [0.4, 0.5) is 4.39 Å². The van der Waals surface area contributed by atoms with Crippen molar-refractivity contribution in [3.8, 4) is 10.6 Å². The molecule has 7 heteroatoms. The molecule has 1 amide bonds. The SMILES string of the molecule is NC(=O)c1ccc(-c2nc(CN3CCC(c4c[nH]c5cc(F)ccc45)CC3)cs2)cc1. The zero-order valence-corrected chi connectivity index (χ0v) is 17.8. The maximum absolute atomic E-state index is 13.5. The number of aromatic amines is 1. The third kappa shape index (κ3) is 4.11. The number of halogens is 1. The number of thiazole rings is 1. The van der Waals surface area contributed by atoms with Gasteiger partial charge >= 0.3 is 0 Å². The maximum atomic E-state index is 13.5. The first-order valence-electron chi connectivity index (χ1n) is 10.4. The van der Waals surface area contributed by atoms with Crippen molar-refractivity contribution in [2.24, 2.45) is 5.73 Å². The van der Waals surface area contributed by atoms with E-state index in [9.17, 15) is 9.18 Å². The Morgan fingerprint density at radius 2 is 1.97 bits per heavy atom. The molecule has 0 saturated carbocycles. The Labute approximate surface area is 183 Å². The van der Waals surface area contributed by atoms with Gasteiger partial charge in [0, 0.05) is 40.2 Å². The minimum atomic E-state index is -0.422. The number of H-pyrrole nitrogens is 1. The number of piperidine rings is 1. The fraction of sp³-hybridized carbons (Fsp3) is 0.250. The van der Waals surface area contributed by atoms with Crippen LogP contribution in [0.15, 0.2) is 54.0 Å². The van der Waals surface area contributed by atoms with E-state index in [0.29, 0.717) is 11.5 Å². The first-order chi connectivity index (χ1) is 15.1. The van der Waals surface area contributed by atoms with Crippen molar-refractivity contribution in [2.75, 3.05) is 13.1 Å². The summed E-state index contributed by atoms with van der Waals surface area (Å²) in [6, 6.07) is 12.2. The Bertz CT molecular complexity index is 1220. The minimum Gasteiger partial charge on any atom is -0.366 e. The van der Waals surface area contributed by atoms with Gasteiger partial charge in [0.25, 0.3) is 0 Å². The number of benzene rings is 2. The summed E-state index contributed by atoms with van der Waals surface area (Å²) in [6.07, 6.45) is 4.20. The van der Waals surface area contributed by atoms with Gasteiger partial charge < -0.3 is 10.7 Å². The van der Waals surface area contributed by atoms with Gasteiger partial charge in [-0.1, -0.05) is 12.1 Å². The van der Waals surface area contributed by atoms with Crippen LogP contribution in [0.1, 0.15) is 40.4 Å². The summed E-state index contributed by atoms with van der Waals surface area (Å²) in [4.78, 5) is 21.7. The van der Waals surface area contributed by atoms with Crippen LogP contribution in [0.5, 0.6) is 0 Å². The molecule has 0 spiro atoms. The molecule has 4 aromatic rings. The number of primary amides is 1. The summed E-state index contributed by atoms with van der Waals surface area (Å²) < 4.78 is 13.5. The molecule has 0 unspecified atom stereocenters. The summed E-state index contributed by atoms with van der Waals surface area (Å²) in [7, 11) is 0. The molecule has 1 aliphatic heterocycles. The van der Waals surface area contributed by atoms with Crippen LogP contribution in [-0.2, 0) is 6.54 Å². The number of nitrogens with two attached hydrogens (primary N) is 1. The van der Waals surface area contributed by atoms with E-state index in [1.807, 2.05) is 24.4 Å². The van der Waals surface area contributed by atoms with E-state index in [2.05, 4.69) is 15.3 Å². The summed E-state index contributed by atoms with van der Waals surface area (Å²) in [6.45, 7) is 2.86. The number of aromatic nitrogens is 2. The van der Waals surface area contributed by atoms with Crippen LogP contribution in [0.2, 0.25) is 0 Å². The van der Waals surface area contributed by atoms with Gasteiger partial charge in [0.2, 0.25) is 5.91 Å². The van der Waals surface area contributed by atoms with Gasteiger partial charge in [-0.2, -0.15) is 0 Å². The van der Waals surface area contributed by atoms with Gasteiger partial charge in [0.1, 0.15) is 10.8 Å². The third-order valence-corrected chi connectivity index (χ3v) is 7.00. The number of amides is 1. The molecular formula is C24H23FN4OS. The Morgan fingerprint density at radius 1 is 1.19 bits per heavy atom. The molecular weight excluding hydrogens is 411 g/mol. The molecule has 31 heavy (non-hydrogen) atoms. The van der Waals surface area contributed by atoms with Gasteiger partial charge in [-0.25, -0.2) is 9.37 Å². The molecule has 158 valence electrons. The number of nitrogens with one attached hydrogen (secondary N) is 1. The van der Waals surface area contributed by atoms with E-state index >= 15 is 0 Å². The highest BCUT2D eigenvalue weighted by Gasteiger charge is 2.23. The number of nitrogens with zero attached hydrogens (tertiary/aromatic N) is 2. The summed E-state index contributed by atoms with van der Waals surface area (Å²) >= 11 is 1.62. The van der Waals surface area contributed by atoms with Crippen molar-refractivity contribution in [3.63, 3.8) is 0 Å². The molecule has 0 aliphatic carbocycles. The van der Waals surface area contributed by atoms with E-state index in [1.54, 1.807) is 29.5 Å². The summed E-state index contributed by atoms with van der Waals surface area (Å²) in [5.41, 5.74) is 10.0. The molecule has 5 rings (SSSR count). The third-order valence-electron chi connectivity index (χ3n) is 6.06. The van der Waals surface area contributed by atoms with Crippen molar-refractivity contribution in [1.82, 2.24) is 14.9 Å². The Kier molecular flexibility index (Phi) is 5.29. The summed E-state index contributed by atoms with van der Waals surface area (Å²) in [5, 5.41) is 4.19. The number of hydrogen-bond donors (Lipinski definition) is 2. The first kappa shape index (κ1) is 19.9. The number of carbonyl (C=O) groups excluding carboxylic acids is 1. The largest absolute Gasteiger partial charge is 0.366 e. The van der Waals surface area contributed by atoms with Crippen LogP contribution in [0, 0.1) is 5.82 Å². The molecule has 0 atom stereocenters. The second-order valence-electron chi connectivity index (χ2n) is 8.07. The van der Waals surface area contributed by atoms with Crippen LogP contribution in [-0.4, -0.2) is 33.9 Å². The molecule has 0 radical (unpaired) electrons. The lowest BCUT2D eigenvalue weighted by Gasteiger charge is -2.31. The molecule has 1 fully saturated rings. The molecule has 1 aliphatic rings. The molecule has 1 saturated heterocycles. The van der Waals surface area contributed by atoms with Crippen molar-refractivity contribution < 1.29 is 9.18 Å². The predicted octanol–water partition coefficient (Wildman–Crippen LogP) is 4.91. The molecule has 2 aromatic carbocycles. The van der Waals surface area contributed by atoms with Crippen LogP contribution in [0.3, 0.4) is 0 Å². The highest BCUT2D eigenvalue weighted by atomic mass is 32.1. The lowest BCUT2D eigenvalue weighted by atomic mass is 9.89. The predicted molar refractivity (Wildman–Crippen MR) is 122 cm³/mol. The monoisotopic (exact) mass is 434 g/mol. The highest BCUT2D eigenvalue weighted by molar-refractivity contribution is 7.13. The summed E-state index contributed by atoms with van der Waals surface area (Å²) in [5.74, 6) is -0.137. The van der Waals surface area contributed by atoms with Crippen molar-refractivity contribution in [1.29, 1.82) is 0 Å². The molecule has 3 heterocycles. The number of carbonyl (C=O) groups is 1. The lowest BCUT2D eigenvalue weighted by molar-refractivity contribution is 0.100. The second kappa shape index (κ2) is 8.24. The highest BCUT2D eigenvalue weighted by Crippen LogP contribution is 2.34. The maximum Gasteiger partial charge on any atom is 0.248 e. The Hall–Kier alpha value is -3.03. The van der Waals surface area contributed by atoms with Gasteiger partial charge in [-0.15, -0.1) is 11.3 Å². The van der Waals surface area contributed by atoms with Crippen molar-refractivity contribution in [2.45, 2.75) is 25.3 Å². The second-order valence-corrected chi connectivity index (χ2v) is 8.93. The van der Waals surface area contributed by atoms with E-state index < -0.39 is 5.91 Å². The fourth-order valence-electron chi connectivity index (χ4n) is 4.38. The van der Waals surface area contributed by atoms with Gasteiger partial charge in [0.05, 0.1) is 5.69 Å². The van der Waals surface area contributed by atoms with Gasteiger partial charge in [0.15, 0.2) is 0 Å². The zero-order valence-electron chi connectivity index (χ0n) is 17.0. The lowest BCUT2D eigenvalue weighted by Crippen LogP contribution is -2.32. The topological polar surface area (TPSA) is 75.0 Å². The van der Waals surface area contributed by atoms with Crippen LogP contribution >= 0.6 is 11.3 Å². The Morgan fingerprint density at radius 3 is 2.71 bits per heavy atom. The average Bonchev–Trinajstić information content (AvgIpc) is 3.41. The standard InChI is InChI=1S/C24H23FN4OS/c25-18-5-6-20-21(12-27-22(20)11-18)15-7-9-29(10-8-15)13-19-14-31-24(28-19)17-3-1-16(2-4-17)23(26)30/h1-6,11-12,14-15,27H,7-10,13H2,(H2,26,30). The minimum absolute atomic E-state index is 0.206. The van der Waals surface area contributed by atoms with E-state index in [1.165, 1.54) is 11.6 Å². The molecule has 5 nitrogen and oxygen atoms in total. The van der Waals surface area contributed by atoms with Crippen LogP contribution in [0.25, 0.3) is 21.5 Å². The number of hydrogen-bond acceptors (Lipinski definition) is 4.